The van der Waals surface area contributed by atoms with Gasteiger partial charge in [-0.2, -0.15) is 0 Å². The van der Waals surface area contributed by atoms with Crippen LogP contribution < -0.4 is 4.74 Å². The Kier molecular flexibility index (Phi) is 6.33. The molecule has 1 unspecified atom stereocenters. The molecule has 1 fully saturated rings. The molecule has 0 spiro atoms. The lowest BCUT2D eigenvalue weighted by Crippen LogP contribution is -2.40. The maximum atomic E-state index is 10.1. The van der Waals surface area contributed by atoms with Crippen molar-refractivity contribution >= 4 is 15.9 Å². The minimum Gasteiger partial charge on any atom is -0.491 e. The van der Waals surface area contributed by atoms with Crippen LogP contribution in [-0.4, -0.2) is 42.4 Å². The number of hydrogen-bond donors (Lipinski definition) is 1. The first-order chi connectivity index (χ1) is 9.65. The molecule has 1 aromatic rings. The number of rotatable bonds is 6. The van der Waals surface area contributed by atoms with E-state index in [0.29, 0.717) is 19.2 Å². The number of ether oxygens (including phenoxy) is 1. The van der Waals surface area contributed by atoms with E-state index < -0.39 is 6.10 Å². The monoisotopic (exact) mass is 341 g/mol. The topological polar surface area (TPSA) is 32.7 Å². The molecule has 0 aliphatic heterocycles. The van der Waals surface area contributed by atoms with Crippen molar-refractivity contribution in [2.45, 2.75) is 44.2 Å². The molecule has 112 valence electrons. The SMILES string of the molecule is CN(CC(O)COc1ccc(Br)cc1)C1CCCCC1. The molecule has 0 bridgehead atoms. The minimum atomic E-state index is -0.439. The van der Waals surface area contributed by atoms with E-state index in [9.17, 15) is 5.11 Å². The molecule has 1 aliphatic carbocycles. The van der Waals surface area contributed by atoms with Crippen LogP contribution in [0.5, 0.6) is 5.75 Å². The molecule has 1 aliphatic rings. The fourth-order valence-electron chi connectivity index (χ4n) is 2.78. The molecule has 0 heterocycles. The van der Waals surface area contributed by atoms with E-state index in [0.717, 1.165) is 10.2 Å². The Balaban J connectivity index is 1.71. The minimum absolute atomic E-state index is 0.346. The molecule has 0 amide bonds. The van der Waals surface area contributed by atoms with Crippen molar-refractivity contribution in [1.29, 1.82) is 0 Å². The Bertz CT molecular complexity index is 390. The van der Waals surface area contributed by atoms with Gasteiger partial charge in [0.25, 0.3) is 0 Å². The van der Waals surface area contributed by atoms with Gasteiger partial charge in [0.05, 0.1) is 0 Å². The van der Waals surface area contributed by atoms with Gasteiger partial charge >= 0.3 is 0 Å². The Morgan fingerprint density at radius 2 is 1.90 bits per heavy atom. The predicted octanol–water partition coefficient (Wildman–Crippen LogP) is 3.45. The van der Waals surface area contributed by atoms with Gasteiger partial charge in [0, 0.05) is 17.1 Å². The van der Waals surface area contributed by atoms with Crippen molar-refractivity contribution in [3.8, 4) is 5.75 Å². The summed E-state index contributed by atoms with van der Waals surface area (Å²) < 4.78 is 6.64. The summed E-state index contributed by atoms with van der Waals surface area (Å²) >= 11 is 3.39. The lowest BCUT2D eigenvalue weighted by Gasteiger charge is -2.32. The number of benzene rings is 1. The van der Waals surface area contributed by atoms with Gasteiger partial charge in [-0.05, 0) is 44.2 Å². The van der Waals surface area contributed by atoms with Crippen molar-refractivity contribution in [3.05, 3.63) is 28.7 Å². The van der Waals surface area contributed by atoms with Crippen LogP contribution in [0.3, 0.4) is 0 Å². The Morgan fingerprint density at radius 1 is 1.25 bits per heavy atom. The molecular formula is C16H24BrNO2. The van der Waals surface area contributed by atoms with Gasteiger partial charge in [-0.3, -0.25) is 0 Å². The highest BCUT2D eigenvalue weighted by atomic mass is 79.9. The third kappa shape index (κ3) is 5.08. The van der Waals surface area contributed by atoms with Crippen LogP contribution in [0.1, 0.15) is 32.1 Å². The van der Waals surface area contributed by atoms with Gasteiger partial charge in [-0.25, -0.2) is 0 Å². The van der Waals surface area contributed by atoms with Crippen molar-refractivity contribution in [2.24, 2.45) is 0 Å². The Hall–Kier alpha value is -0.580. The second kappa shape index (κ2) is 8.01. The number of nitrogens with zero attached hydrogens (tertiary/aromatic N) is 1. The van der Waals surface area contributed by atoms with Crippen LogP contribution in [0.4, 0.5) is 0 Å². The van der Waals surface area contributed by atoms with Gasteiger partial charge < -0.3 is 14.7 Å². The first-order valence-corrected chi connectivity index (χ1v) is 8.21. The van der Waals surface area contributed by atoms with E-state index in [4.69, 9.17) is 4.74 Å². The average Bonchev–Trinajstić information content (AvgIpc) is 2.47. The molecule has 1 aromatic carbocycles. The first-order valence-electron chi connectivity index (χ1n) is 7.42. The van der Waals surface area contributed by atoms with Crippen LogP contribution in [0, 0.1) is 0 Å². The first kappa shape index (κ1) is 15.8. The molecule has 0 radical (unpaired) electrons. The summed E-state index contributed by atoms with van der Waals surface area (Å²) in [6.07, 6.45) is 6.08. The molecular weight excluding hydrogens is 318 g/mol. The van der Waals surface area contributed by atoms with Crippen LogP contribution >= 0.6 is 15.9 Å². The van der Waals surface area contributed by atoms with Crippen LogP contribution in [0.2, 0.25) is 0 Å². The van der Waals surface area contributed by atoms with Gasteiger partial charge in [0.1, 0.15) is 18.5 Å². The van der Waals surface area contributed by atoms with E-state index in [-0.39, 0.29) is 0 Å². The number of likely N-dealkylation sites (N-methyl/N-ethyl adjacent to an activating group) is 1. The second-order valence-corrected chi connectivity index (χ2v) is 6.57. The number of halogens is 1. The van der Waals surface area contributed by atoms with E-state index in [2.05, 4.69) is 27.9 Å². The number of aliphatic hydroxyl groups excluding tert-OH is 1. The lowest BCUT2D eigenvalue weighted by atomic mass is 9.94. The largest absolute Gasteiger partial charge is 0.491 e. The summed E-state index contributed by atoms with van der Waals surface area (Å²) in [5.41, 5.74) is 0. The lowest BCUT2D eigenvalue weighted by molar-refractivity contribution is 0.0561. The zero-order chi connectivity index (χ0) is 14.4. The average molecular weight is 342 g/mol. The molecule has 1 saturated carbocycles. The van der Waals surface area contributed by atoms with Crippen molar-refractivity contribution < 1.29 is 9.84 Å². The third-order valence-electron chi connectivity index (χ3n) is 3.95. The standard InChI is InChI=1S/C16H24BrNO2/c1-18(14-5-3-2-4-6-14)11-15(19)12-20-16-9-7-13(17)8-10-16/h7-10,14-15,19H,2-6,11-12H2,1H3. The summed E-state index contributed by atoms with van der Waals surface area (Å²) in [5.74, 6) is 0.799. The van der Waals surface area contributed by atoms with Gasteiger partial charge in [-0.1, -0.05) is 35.2 Å². The molecule has 0 saturated heterocycles. The van der Waals surface area contributed by atoms with Crippen molar-refractivity contribution in [1.82, 2.24) is 4.90 Å². The fourth-order valence-corrected chi connectivity index (χ4v) is 3.04. The number of aliphatic hydroxyl groups is 1. The van der Waals surface area contributed by atoms with Gasteiger partial charge in [-0.15, -0.1) is 0 Å². The van der Waals surface area contributed by atoms with E-state index in [1.165, 1.54) is 32.1 Å². The van der Waals surface area contributed by atoms with Gasteiger partial charge in [0.15, 0.2) is 0 Å². The maximum absolute atomic E-state index is 10.1. The zero-order valence-electron chi connectivity index (χ0n) is 12.1. The third-order valence-corrected chi connectivity index (χ3v) is 4.48. The van der Waals surface area contributed by atoms with Crippen molar-refractivity contribution in [2.75, 3.05) is 20.2 Å². The predicted molar refractivity (Wildman–Crippen MR) is 85.1 cm³/mol. The molecule has 4 heteroatoms. The van der Waals surface area contributed by atoms with Crippen LogP contribution in [0.15, 0.2) is 28.7 Å². The van der Waals surface area contributed by atoms with Gasteiger partial charge in [0.2, 0.25) is 0 Å². The number of hydrogen-bond acceptors (Lipinski definition) is 3. The molecule has 1 atom stereocenters. The summed E-state index contributed by atoms with van der Waals surface area (Å²) in [5, 5.41) is 10.1. The molecule has 0 aromatic heterocycles. The van der Waals surface area contributed by atoms with E-state index >= 15 is 0 Å². The van der Waals surface area contributed by atoms with Crippen molar-refractivity contribution in [3.63, 3.8) is 0 Å². The van der Waals surface area contributed by atoms with E-state index in [1.807, 2.05) is 24.3 Å². The molecule has 1 N–H and O–H groups in total. The highest BCUT2D eigenvalue weighted by Crippen LogP contribution is 2.22. The quantitative estimate of drug-likeness (QED) is 0.860. The van der Waals surface area contributed by atoms with E-state index in [1.54, 1.807) is 0 Å². The Labute approximate surface area is 130 Å². The second-order valence-electron chi connectivity index (χ2n) is 5.65. The summed E-state index contributed by atoms with van der Waals surface area (Å²) in [7, 11) is 2.11. The zero-order valence-corrected chi connectivity index (χ0v) is 13.7. The fraction of sp³-hybridized carbons (Fsp3) is 0.625. The van der Waals surface area contributed by atoms with Crippen LogP contribution in [-0.2, 0) is 0 Å². The summed E-state index contributed by atoms with van der Waals surface area (Å²) in [6, 6.07) is 8.32. The smallest absolute Gasteiger partial charge is 0.119 e. The summed E-state index contributed by atoms with van der Waals surface area (Å²) in [6.45, 7) is 1.03. The Morgan fingerprint density at radius 3 is 2.55 bits per heavy atom. The molecule has 3 nitrogen and oxygen atoms in total. The van der Waals surface area contributed by atoms with Crippen LogP contribution in [0.25, 0.3) is 0 Å². The highest BCUT2D eigenvalue weighted by Gasteiger charge is 2.20. The highest BCUT2D eigenvalue weighted by molar-refractivity contribution is 9.10. The maximum Gasteiger partial charge on any atom is 0.119 e. The summed E-state index contributed by atoms with van der Waals surface area (Å²) in [4.78, 5) is 2.29. The molecule has 20 heavy (non-hydrogen) atoms. The normalized spacial score (nSPS) is 18.2. The molecule has 2 rings (SSSR count).